The highest BCUT2D eigenvalue weighted by Gasteiger charge is 2.33. The number of benzene rings is 1. The molecule has 1 aromatic heterocycles. The number of rotatable bonds is 8. The predicted octanol–water partition coefficient (Wildman–Crippen LogP) is 2.20. The number of piperazine rings is 1. The molecule has 40 heavy (non-hydrogen) atoms. The molecule has 1 unspecified atom stereocenters. The fourth-order valence-corrected chi connectivity index (χ4v) is 4.60. The van der Waals surface area contributed by atoms with Crippen LogP contribution >= 0.6 is 0 Å². The van der Waals surface area contributed by atoms with Gasteiger partial charge in [0, 0.05) is 31.3 Å². The van der Waals surface area contributed by atoms with Gasteiger partial charge in [0.1, 0.15) is 11.5 Å². The molecule has 2 amide bonds. The Kier molecular flexibility index (Phi) is 8.46. The third kappa shape index (κ3) is 6.35. The number of nitrogens with zero attached hydrogens (tertiary/aromatic N) is 7. The molecule has 12 heteroatoms. The monoisotopic (exact) mass is 541 g/mol. The standard InChI is InChI=1S/C28H28N8O4/c1-39-25-16-23-24(17-26(25)40-15-5-10-36-31-8-9-32-36)29-19-22(20-37)27(23)34-11-13-35(14-12-34)33-28(38)30-18-21-6-3-2-4-7-21/h2-4,6-9,16-17,19,24H,5,10-15H2,1H3/p+1. The summed E-state index contributed by atoms with van der Waals surface area (Å²) in [5, 5.41) is 10.00. The lowest BCUT2D eigenvalue weighted by Crippen LogP contribution is -2.53. The maximum Gasteiger partial charge on any atom is 0.617 e. The van der Waals surface area contributed by atoms with Crippen LogP contribution in [0, 0.1) is 6.07 Å². The second-order valence-corrected chi connectivity index (χ2v) is 9.09. The van der Waals surface area contributed by atoms with E-state index in [1.807, 2.05) is 48.4 Å². The van der Waals surface area contributed by atoms with Crippen LogP contribution in [0.2, 0.25) is 0 Å². The number of aliphatic imine (C=N–C) groups is 1. The lowest BCUT2D eigenvalue weighted by atomic mass is 9.92. The molecule has 0 bridgehead atoms. The summed E-state index contributed by atoms with van der Waals surface area (Å²) in [5.74, 6) is 3.19. The van der Waals surface area contributed by atoms with Crippen molar-refractivity contribution in [2.45, 2.75) is 19.0 Å². The highest BCUT2D eigenvalue weighted by atomic mass is 16.5. The van der Waals surface area contributed by atoms with E-state index >= 15 is 0 Å². The Hall–Kier alpha value is -4.98. The molecule has 1 saturated heterocycles. The van der Waals surface area contributed by atoms with E-state index in [0.717, 1.165) is 23.3 Å². The lowest BCUT2D eigenvalue weighted by Gasteiger charge is -2.37. The SMILES string of the molecule is COC1=CC2=C(N3CCN(NC(=O)[N+]#Cc4ccccc4)CC3)C(=C=O)C=NC2C=C1OCCCn1nccn1. The molecule has 1 N–H and O–H groups in total. The molecule has 0 radical (unpaired) electrons. The maximum atomic E-state index is 12.3. The van der Waals surface area contributed by atoms with E-state index < -0.39 is 6.03 Å². The summed E-state index contributed by atoms with van der Waals surface area (Å²) in [6.45, 7) is 3.31. The zero-order valence-electron chi connectivity index (χ0n) is 22.1. The number of carbonyl (C=O) groups excluding carboxylic acids is 2. The first kappa shape index (κ1) is 26.6. The number of amides is 2. The second-order valence-electron chi connectivity index (χ2n) is 9.09. The number of fused-ring (bicyclic) bond motifs is 1. The smallest absolute Gasteiger partial charge is 0.493 e. The number of carbonyl (C=O) groups is 1. The van der Waals surface area contributed by atoms with Crippen LogP contribution in [0.15, 0.2) is 88.2 Å². The van der Waals surface area contributed by atoms with Crippen LogP contribution in [-0.4, -0.2) is 89.0 Å². The third-order valence-corrected chi connectivity index (χ3v) is 6.52. The van der Waals surface area contributed by atoms with Gasteiger partial charge in [-0.1, -0.05) is 18.2 Å². The van der Waals surface area contributed by atoms with Crippen molar-refractivity contribution in [3.05, 3.63) is 93.6 Å². The summed E-state index contributed by atoms with van der Waals surface area (Å²) in [5.41, 5.74) is 5.49. The number of nitrogens with one attached hydrogen (secondary N) is 1. The van der Waals surface area contributed by atoms with Gasteiger partial charge in [0.25, 0.3) is 0 Å². The first-order chi connectivity index (χ1) is 19.6. The number of aromatic nitrogens is 3. The number of ether oxygens (including phenoxy) is 2. The number of hydrazine groups is 1. The topological polar surface area (TPSA) is 119 Å². The second kappa shape index (κ2) is 12.7. The van der Waals surface area contributed by atoms with Crippen molar-refractivity contribution in [2.24, 2.45) is 4.99 Å². The third-order valence-electron chi connectivity index (χ3n) is 6.52. The molecule has 2 aromatic rings. The molecular weight excluding hydrogens is 512 g/mol. The normalized spacial score (nSPS) is 18.6. The summed E-state index contributed by atoms with van der Waals surface area (Å²) in [6, 6.07) is 11.2. The fraction of sp³-hybridized carbons (Fsp3) is 0.321. The minimum atomic E-state index is -0.490. The van der Waals surface area contributed by atoms with Crippen LogP contribution in [0.25, 0.3) is 4.85 Å². The Morgan fingerprint density at radius 3 is 2.62 bits per heavy atom. The average molecular weight is 542 g/mol. The summed E-state index contributed by atoms with van der Waals surface area (Å²) < 4.78 is 11.6. The van der Waals surface area contributed by atoms with Gasteiger partial charge in [-0.3, -0.25) is 4.99 Å². The van der Waals surface area contributed by atoms with Crippen LogP contribution in [0.5, 0.6) is 0 Å². The van der Waals surface area contributed by atoms with E-state index in [1.165, 1.54) is 0 Å². The average Bonchev–Trinajstić information content (AvgIpc) is 3.52. The molecule has 2 aliphatic heterocycles. The number of dihydropyridines is 1. The minimum absolute atomic E-state index is 0.325. The van der Waals surface area contributed by atoms with Crippen molar-refractivity contribution in [3.8, 4) is 6.07 Å². The predicted molar refractivity (Wildman–Crippen MR) is 147 cm³/mol. The van der Waals surface area contributed by atoms with Crippen LogP contribution < -0.4 is 5.43 Å². The van der Waals surface area contributed by atoms with Crippen molar-refractivity contribution in [1.29, 1.82) is 0 Å². The molecule has 0 spiro atoms. The number of methoxy groups -OCH3 is 1. The molecule has 1 aromatic carbocycles. The number of hydrogen-bond acceptors (Lipinski definition) is 9. The van der Waals surface area contributed by atoms with Gasteiger partial charge in [-0.05, 0) is 24.3 Å². The zero-order chi connectivity index (χ0) is 27.7. The summed E-state index contributed by atoms with van der Waals surface area (Å²) >= 11 is 0. The van der Waals surface area contributed by atoms with E-state index in [4.69, 9.17) is 9.47 Å². The van der Waals surface area contributed by atoms with E-state index in [9.17, 15) is 9.59 Å². The van der Waals surface area contributed by atoms with E-state index in [2.05, 4.69) is 36.4 Å². The van der Waals surface area contributed by atoms with Crippen molar-refractivity contribution >= 4 is 18.2 Å². The van der Waals surface area contributed by atoms with Gasteiger partial charge >= 0.3 is 6.03 Å². The summed E-state index contributed by atoms with van der Waals surface area (Å²) in [6.07, 6.45) is 9.33. The molecule has 3 aliphatic rings. The van der Waals surface area contributed by atoms with Gasteiger partial charge in [0.2, 0.25) is 0 Å². The van der Waals surface area contributed by atoms with Crippen LogP contribution in [0.1, 0.15) is 12.0 Å². The van der Waals surface area contributed by atoms with Gasteiger partial charge < -0.3 is 14.4 Å². The van der Waals surface area contributed by atoms with E-state index in [0.29, 0.717) is 56.4 Å². The van der Waals surface area contributed by atoms with Crippen molar-refractivity contribution in [2.75, 3.05) is 39.9 Å². The van der Waals surface area contributed by atoms with Gasteiger partial charge in [0.05, 0.1) is 63.0 Å². The van der Waals surface area contributed by atoms with Crippen molar-refractivity contribution in [3.63, 3.8) is 0 Å². The molecule has 3 heterocycles. The number of hydrogen-bond donors (Lipinski definition) is 1. The van der Waals surface area contributed by atoms with Crippen molar-refractivity contribution in [1.82, 2.24) is 30.3 Å². The van der Waals surface area contributed by atoms with Gasteiger partial charge in [0.15, 0.2) is 17.6 Å². The van der Waals surface area contributed by atoms with Gasteiger partial charge in [-0.2, -0.15) is 19.8 Å². The minimum Gasteiger partial charge on any atom is -0.493 e. The Bertz CT molecular complexity index is 1450. The molecule has 0 saturated carbocycles. The number of urea groups is 1. The largest absolute Gasteiger partial charge is 0.617 e. The lowest BCUT2D eigenvalue weighted by molar-refractivity contribution is 0.121. The van der Waals surface area contributed by atoms with E-state index in [1.54, 1.807) is 35.5 Å². The molecular formula is C28H29N8O4+. The first-order valence-electron chi connectivity index (χ1n) is 12.9. The molecule has 12 nitrogen and oxygen atoms in total. The zero-order valence-corrected chi connectivity index (χ0v) is 22.1. The van der Waals surface area contributed by atoms with Gasteiger partial charge in [-0.25, -0.2) is 4.79 Å². The Morgan fingerprint density at radius 2 is 1.90 bits per heavy atom. The first-order valence-corrected chi connectivity index (χ1v) is 12.9. The molecule has 1 fully saturated rings. The molecule has 1 aliphatic carbocycles. The summed E-state index contributed by atoms with van der Waals surface area (Å²) in [7, 11) is 1.58. The molecule has 5 rings (SSSR count). The Morgan fingerprint density at radius 1 is 1.12 bits per heavy atom. The van der Waals surface area contributed by atoms with Crippen LogP contribution in [0.3, 0.4) is 0 Å². The quantitative estimate of drug-likeness (QED) is 0.399. The Balaban J connectivity index is 1.23. The van der Waals surface area contributed by atoms with Crippen LogP contribution in [0.4, 0.5) is 4.79 Å². The maximum absolute atomic E-state index is 12.3. The molecule has 1 atom stereocenters. The number of allylic oxidation sites excluding steroid dienone is 1. The fourth-order valence-electron chi connectivity index (χ4n) is 4.60. The molecule has 204 valence electrons. The Labute approximate surface area is 231 Å². The van der Waals surface area contributed by atoms with E-state index in [-0.39, 0.29) is 6.04 Å². The van der Waals surface area contributed by atoms with Crippen LogP contribution in [-0.2, 0) is 20.8 Å². The highest BCUT2D eigenvalue weighted by molar-refractivity contribution is 5.97. The van der Waals surface area contributed by atoms with Gasteiger partial charge in [-0.15, -0.1) is 15.3 Å². The number of aryl methyl sites for hydroxylation is 1. The summed E-state index contributed by atoms with van der Waals surface area (Å²) in [4.78, 5) is 36.3. The highest BCUT2D eigenvalue weighted by Crippen LogP contribution is 2.34. The van der Waals surface area contributed by atoms with Crippen molar-refractivity contribution < 1.29 is 19.1 Å².